The fraction of sp³-hybridized carbons (Fsp3) is 0.720. The van der Waals surface area contributed by atoms with Gasteiger partial charge in [0.2, 0.25) is 0 Å². The third-order valence-corrected chi connectivity index (χ3v) is 9.26. The fourth-order valence-electron chi connectivity index (χ4n) is 7.86. The van der Waals surface area contributed by atoms with Gasteiger partial charge in [0.25, 0.3) is 0 Å². The van der Waals surface area contributed by atoms with E-state index in [9.17, 15) is 9.50 Å². The highest BCUT2D eigenvalue weighted by Crippen LogP contribution is 2.64. The summed E-state index contributed by atoms with van der Waals surface area (Å²) in [6.45, 7) is 7.27. The first-order valence-corrected chi connectivity index (χ1v) is 11.6. The normalized spacial score (nSPS) is 43.8. The van der Waals surface area contributed by atoms with Crippen LogP contribution in [0.25, 0.3) is 0 Å². The summed E-state index contributed by atoms with van der Waals surface area (Å²) in [5, 5.41) is 14.9. The van der Waals surface area contributed by atoms with Crippen LogP contribution in [-0.4, -0.2) is 27.2 Å². The lowest BCUT2D eigenvalue weighted by Crippen LogP contribution is -2.48. The van der Waals surface area contributed by atoms with Gasteiger partial charge in [-0.3, -0.25) is 4.68 Å². The topological polar surface area (TPSA) is 38.0 Å². The number of alkyl halides is 1. The lowest BCUT2D eigenvalue weighted by molar-refractivity contribution is -0.0443. The van der Waals surface area contributed by atoms with Crippen molar-refractivity contribution in [2.45, 2.75) is 70.4 Å². The number of rotatable bonds is 4. The Hall–Kier alpha value is -1.42. The number of aliphatic hydroxyl groups is 1. The highest BCUT2D eigenvalue weighted by molar-refractivity contribution is 5.23. The number of allylic oxidation sites excluding steroid dienone is 2. The molecule has 29 heavy (non-hydrogen) atoms. The van der Waals surface area contributed by atoms with Gasteiger partial charge in [0.05, 0.1) is 12.1 Å². The summed E-state index contributed by atoms with van der Waals surface area (Å²) in [7, 11) is 0. The standard InChI is InChI=1S/C25H35FN2O/c1-17(15-28-13-3-12-27-28)22-6-7-23-21-5-4-18-14-25(29,16-26)11-9-19(18)20(21)8-10-24(22,23)2/h3-4,12-13,19-23,29H,1,5-11,14-16H2,2H3/t19-,20+,21+,22+,23-,24+,25+/m0/s1. The Morgan fingerprint density at radius 2 is 2.14 bits per heavy atom. The van der Waals surface area contributed by atoms with Crippen LogP contribution >= 0.6 is 0 Å². The predicted molar refractivity (Wildman–Crippen MR) is 113 cm³/mol. The van der Waals surface area contributed by atoms with Crippen LogP contribution in [-0.2, 0) is 6.54 Å². The molecule has 5 rings (SSSR count). The van der Waals surface area contributed by atoms with Crippen LogP contribution in [0.5, 0.6) is 0 Å². The van der Waals surface area contributed by atoms with Crippen molar-refractivity contribution in [2.24, 2.45) is 35.0 Å². The zero-order valence-electron chi connectivity index (χ0n) is 17.7. The Morgan fingerprint density at radius 3 is 2.90 bits per heavy atom. The van der Waals surface area contributed by atoms with Gasteiger partial charge in [-0.25, -0.2) is 4.39 Å². The fourth-order valence-corrected chi connectivity index (χ4v) is 7.86. The van der Waals surface area contributed by atoms with Crippen LogP contribution in [0.2, 0.25) is 0 Å². The zero-order chi connectivity index (χ0) is 20.2. The van der Waals surface area contributed by atoms with Gasteiger partial charge in [-0.15, -0.1) is 0 Å². The molecule has 0 spiro atoms. The van der Waals surface area contributed by atoms with Crippen LogP contribution in [0.4, 0.5) is 4.39 Å². The Kier molecular flexibility index (Phi) is 4.77. The molecule has 1 N–H and O–H groups in total. The van der Waals surface area contributed by atoms with Crippen LogP contribution < -0.4 is 0 Å². The van der Waals surface area contributed by atoms with Crippen molar-refractivity contribution in [2.75, 3.05) is 6.67 Å². The molecule has 3 saturated carbocycles. The van der Waals surface area contributed by atoms with Crippen LogP contribution in [0.1, 0.15) is 58.3 Å². The van der Waals surface area contributed by atoms with Gasteiger partial charge in [-0.2, -0.15) is 5.10 Å². The molecule has 7 atom stereocenters. The second-order valence-corrected chi connectivity index (χ2v) is 10.7. The SMILES string of the molecule is C=C(Cn1cccn1)[C@H]1CC[C@H]2[C@@H]3CC=C4C[C@@](O)(CF)CC[C@@H]4[C@H]3CC[C@]12C. The minimum Gasteiger partial charge on any atom is -0.387 e. The maximum Gasteiger partial charge on any atom is 0.118 e. The molecule has 0 bridgehead atoms. The molecular formula is C25H35FN2O. The van der Waals surface area contributed by atoms with E-state index in [2.05, 4.69) is 24.7 Å². The van der Waals surface area contributed by atoms with Crippen LogP contribution in [0.3, 0.4) is 0 Å². The molecule has 0 aliphatic heterocycles. The van der Waals surface area contributed by atoms with Crippen molar-refractivity contribution < 1.29 is 9.50 Å². The molecule has 4 aliphatic carbocycles. The minimum absolute atomic E-state index is 0.352. The second-order valence-electron chi connectivity index (χ2n) is 10.7. The van der Waals surface area contributed by atoms with E-state index in [1.807, 2.05) is 23.1 Å². The molecule has 0 aromatic carbocycles. The number of aromatic nitrogens is 2. The van der Waals surface area contributed by atoms with Crippen molar-refractivity contribution in [1.82, 2.24) is 9.78 Å². The largest absolute Gasteiger partial charge is 0.387 e. The van der Waals surface area contributed by atoms with Gasteiger partial charge in [0.1, 0.15) is 6.67 Å². The number of hydrogen-bond acceptors (Lipinski definition) is 2. The molecule has 158 valence electrons. The quantitative estimate of drug-likeness (QED) is 0.696. The number of fused-ring (bicyclic) bond motifs is 5. The van der Waals surface area contributed by atoms with E-state index in [4.69, 9.17) is 0 Å². The second kappa shape index (κ2) is 7.08. The molecule has 0 amide bonds. The smallest absolute Gasteiger partial charge is 0.118 e. The van der Waals surface area contributed by atoms with Gasteiger partial charge >= 0.3 is 0 Å². The number of halogens is 1. The van der Waals surface area contributed by atoms with Crippen molar-refractivity contribution in [3.63, 3.8) is 0 Å². The van der Waals surface area contributed by atoms with E-state index in [-0.39, 0.29) is 0 Å². The lowest BCUT2D eigenvalue weighted by atomic mass is 9.51. The minimum atomic E-state index is -1.10. The van der Waals surface area contributed by atoms with Crippen molar-refractivity contribution >= 4 is 0 Å². The maximum absolute atomic E-state index is 13.3. The molecule has 1 heterocycles. The monoisotopic (exact) mass is 398 g/mol. The Labute approximate surface area is 174 Å². The third-order valence-electron chi connectivity index (χ3n) is 9.26. The molecule has 3 nitrogen and oxygen atoms in total. The van der Waals surface area contributed by atoms with Crippen molar-refractivity contribution in [1.29, 1.82) is 0 Å². The summed E-state index contributed by atoms with van der Waals surface area (Å²) in [6, 6.07) is 1.98. The average molecular weight is 399 g/mol. The van der Waals surface area contributed by atoms with Gasteiger partial charge in [0.15, 0.2) is 0 Å². The summed E-state index contributed by atoms with van der Waals surface area (Å²) in [6.07, 6.45) is 14.7. The van der Waals surface area contributed by atoms with Gasteiger partial charge in [0, 0.05) is 12.4 Å². The Bertz CT molecular complexity index is 802. The molecule has 4 aliphatic rings. The van der Waals surface area contributed by atoms with Gasteiger partial charge in [-0.05, 0) is 92.4 Å². The Morgan fingerprint density at radius 1 is 1.28 bits per heavy atom. The average Bonchev–Trinajstić information content (AvgIpc) is 3.34. The zero-order valence-corrected chi connectivity index (χ0v) is 17.7. The van der Waals surface area contributed by atoms with Crippen LogP contribution in [0.15, 0.2) is 42.3 Å². The first-order chi connectivity index (χ1) is 13.9. The maximum atomic E-state index is 13.3. The molecule has 3 fully saturated rings. The third kappa shape index (κ3) is 3.13. The van der Waals surface area contributed by atoms with Gasteiger partial charge < -0.3 is 5.11 Å². The predicted octanol–water partition coefficient (Wildman–Crippen LogP) is 5.33. The van der Waals surface area contributed by atoms with Crippen molar-refractivity contribution in [3.05, 3.63) is 42.3 Å². The molecule has 0 radical (unpaired) electrons. The van der Waals surface area contributed by atoms with E-state index >= 15 is 0 Å². The molecule has 4 heteroatoms. The molecule has 0 saturated heterocycles. The molecule has 0 unspecified atom stereocenters. The van der Waals surface area contributed by atoms with Gasteiger partial charge in [-0.1, -0.05) is 30.7 Å². The number of nitrogens with zero attached hydrogens (tertiary/aromatic N) is 2. The van der Waals surface area contributed by atoms with E-state index in [0.717, 1.165) is 37.1 Å². The summed E-state index contributed by atoms with van der Waals surface area (Å²) < 4.78 is 15.4. The number of hydrogen-bond donors (Lipinski definition) is 1. The highest BCUT2D eigenvalue weighted by atomic mass is 19.1. The summed E-state index contributed by atoms with van der Waals surface area (Å²) in [5.41, 5.74) is 1.96. The molecule has 1 aromatic rings. The van der Waals surface area contributed by atoms with Crippen LogP contribution in [0, 0.1) is 35.0 Å². The van der Waals surface area contributed by atoms with E-state index in [1.165, 1.54) is 36.8 Å². The first-order valence-electron chi connectivity index (χ1n) is 11.6. The molecular weight excluding hydrogens is 363 g/mol. The summed E-state index contributed by atoms with van der Waals surface area (Å²) in [4.78, 5) is 0. The highest BCUT2D eigenvalue weighted by Gasteiger charge is 2.56. The van der Waals surface area contributed by atoms with E-state index in [0.29, 0.717) is 30.1 Å². The summed E-state index contributed by atoms with van der Waals surface area (Å²) in [5.74, 6) is 3.42. The van der Waals surface area contributed by atoms with E-state index < -0.39 is 12.3 Å². The van der Waals surface area contributed by atoms with Crippen molar-refractivity contribution in [3.8, 4) is 0 Å². The Balaban J connectivity index is 1.34. The summed E-state index contributed by atoms with van der Waals surface area (Å²) >= 11 is 0. The first kappa shape index (κ1) is 19.5. The molecule has 1 aromatic heterocycles. The lowest BCUT2D eigenvalue weighted by Gasteiger charge is -2.54. The van der Waals surface area contributed by atoms with E-state index in [1.54, 1.807) is 0 Å².